The quantitative estimate of drug-likeness (QED) is 0.890. The van der Waals surface area contributed by atoms with Crippen molar-refractivity contribution in [3.8, 4) is 5.75 Å². The van der Waals surface area contributed by atoms with Crippen molar-refractivity contribution >= 4 is 0 Å². The van der Waals surface area contributed by atoms with Crippen molar-refractivity contribution in [3.05, 3.63) is 29.8 Å². The molecule has 1 aliphatic rings. The molecule has 1 saturated carbocycles. The van der Waals surface area contributed by atoms with Gasteiger partial charge in [0.15, 0.2) is 0 Å². The molecule has 2 atom stereocenters. The number of aryl methyl sites for hydroxylation is 1. The van der Waals surface area contributed by atoms with E-state index in [-0.39, 0.29) is 6.10 Å². The fourth-order valence-corrected chi connectivity index (χ4v) is 3.30. The maximum atomic E-state index is 6.27. The Morgan fingerprint density at radius 1 is 1.37 bits per heavy atom. The fraction of sp³-hybridized carbons (Fsp3) is 0.647. The normalized spacial score (nSPS) is 26.1. The van der Waals surface area contributed by atoms with Crippen LogP contribution in [0.4, 0.5) is 0 Å². The van der Waals surface area contributed by atoms with E-state index in [0.29, 0.717) is 11.5 Å². The van der Waals surface area contributed by atoms with Gasteiger partial charge in [0.25, 0.3) is 0 Å². The minimum absolute atomic E-state index is 0.279. The Hall–Kier alpha value is -1.02. The highest BCUT2D eigenvalue weighted by Crippen LogP contribution is 2.37. The maximum Gasteiger partial charge on any atom is 0.120 e. The van der Waals surface area contributed by atoms with E-state index in [2.05, 4.69) is 57.4 Å². The van der Waals surface area contributed by atoms with Gasteiger partial charge in [0.05, 0.1) is 0 Å². The van der Waals surface area contributed by atoms with Crippen LogP contribution in [0.2, 0.25) is 0 Å². The smallest absolute Gasteiger partial charge is 0.120 e. The van der Waals surface area contributed by atoms with E-state index in [9.17, 15) is 0 Å². The van der Waals surface area contributed by atoms with E-state index >= 15 is 0 Å². The first kappa shape index (κ1) is 14.4. The molecule has 2 heteroatoms. The van der Waals surface area contributed by atoms with Gasteiger partial charge in [-0.15, -0.1) is 0 Å². The van der Waals surface area contributed by atoms with Gasteiger partial charge in [-0.1, -0.05) is 32.9 Å². The van der Waals surface area contributed by atoms with Crippen LogP contribution in [-0.4, -0.2) is 19.2 Å². The number of nitrogens with one attached hydrogen (secondary N) is 1. The lowest BCUT2D eigenvalue weighted by Crippen LogP contribution is -2.53. The first-order valence-corrected chi connectivity index (χ1v) is 7.49. The van der Waals surface area contributed by atoms with Crippen LogP contribution in [0.1, 0.15) is 45.6 Å². The Balaban J connectivity index is 2.12. The standard InChI is InChI=1S/C17H27NO/c1-5-13-8-6-9-14(12-13)19-15-10-7-11-17(2,3)16(15)18-4/h6,8-9,12,15-16,18H,5,7,10-11H2,1-4H3. The van der Waals surface area contributed by atoms with Crippen LogP contribution in [0.3, 0.4) is 0 Å². The number of hydrogen-bond donors (Lipinski definition) is 1. The molecule has 0 spiro atoms. The molecule has 0 heterocycles. The van der Waals surface area contributed by atoms with Gasteiger partial charge in [0.2, 0.25) is 0 Å². The van der Waals surface area contributed by atoms with Gasteiger partial charge < -0.3 is 10.1 Å². The molecule has 0 amide bonds. The monoisotopic (exact) mass is 261 g/mol. The molecule has 0 bridgehead atoms. The minimum atomic E-state index is 0.279. The summed E-state index contributed by atoms with van der Waals surface area (Å²) in [6.07, 6.45) is 5.01. The lowest BCUT2D eigenvalue weighted by molar-refractivity contribution is 0.0403. The van der Waals surface area contributed by atoms with Crippen molar-refractivity contribution in [2.45, 2.75) is 58.6 Å². The summed E-state index contributed by atoms with van der Waals surface area (Å²) in [6, 6.07) is 8.93. The number of benzene rings is 1. The van der Waals surface area contributed by atoms with Crippen molar-refractivity contribution < 1.29 is 4.74 Å². The van der Waals surface area contributed by atoms with E-state index in [1.165, 1.54) is 18.4 Å². The first-order valence-electron chi connectivity index (χ1n) is 7.49. The Kier molecular flexibility index (Phi) is 4.51. The minimum Gasteiger partial charge on any atom is -0.489 e. The molecule has 106 valence electrons. The Bertz CT molecular complexity index is 413. The predicted molar refractivity (Wildman–Crippen MR) is 80.7 cm³/mol. The van der Waals surface area contributed by atoms with Crippen molar-refractivity contribution in [2.75, 3.05) is 7.05 Å². The lowest BCUT2D eigenvalue weighted by atomic mass is 9.72. The van der Waals surface area contributed by atoms with Gasteiger partial charge in [-0.25, -0.2) is 0 Å². The van der Waals surface area contributed by atoms with Gasteiger partial charge in [-0.2, -0.15) is 0 Å². The van der Waals surface area contributed by atoms with Gasteiger partial charge >= 0.3 is 0 Å². The van der Waals surface area contributed by atoms with E-state index in [1.54, 1.807) is 0 Å². The van der Waals surface area contributed by atoms with Crippen LogP contribution >= 0.6 is 0 Å². The summed E-state index contributed by atoms with van der Waals surface area (Å²) in [4.78, 5) is 0. The summed E-state index contributed by atoms with van der Waals surface area (Å²) in [5, 5.41) is 3.47. The molecule has 19 heavy (non-hydrogen) atoms. The molecular weight excluding hydrogens is 234 g/mol. The highest BCUT2D eigenvalue weighted by molar-refractivity contribution is 5.28. The second kappa shape index (κ2) is 5.96. The Labute approximate surface area is 117 Å². The third-order valence-corrected chi connectivity index (χ3v) is 4.43. The number of likely N-dealkylation sites (N-methyl/N-ethyl adjacent to an activating group) is 1. The van der Waals surface area contributed by atoms with Crippen molar-refractivity contribution in [1.82, 2.24) is 5.32 Å². The predicted octanol–water partition coefficient (Wildman–Crippen LogP) is 3.79. The highest BCUT2D eigenvalue weighted by atomic mass is 16.5. The third-order valence-electron chi connectivity index (χ3n) is 4.43. The largest absolute Gasteiger partial charge is 0.489 e. The lowest BCUT2D eigenvalue weighted by Gasteiger charge is -2.43. The summed E-state index contributed by atoms with van der Waals surface area (Å²) >= 11 is 0. The molecule has 0 aromatic heterocycles. The molecule has 1 aromatic carbocycles. The molecule has 0 radical (unpaired) electrons. The highest BCUT2D eigenvalue weighted by Gasteiger charge is 2.39. The van der Waals surface area contributed by atoms with Gasteiger partial charge in [0.1, 0.15) is 11.9 Å². The fourth-order valence-electron chi connectivity index (χ4n) is 3.30. The topological polar surface area (TPSA) is 21.3 Å². The Morgan fingerprint density at radius 3 is 2.84 bits per heavy atom. The SMILES string of the molecule is CCc1cccc(OC2CCCC(C)(C)C2NC)c1. The molecule has 1 aliphatic carbocycles. The second-order valence-corrected chi connectivity index (χ2v) is 6.30. The summed E-state index contributed by atoms with van der Waals surface area (Å²) in [5.74, 6) is 1.02. The summed E-state index contributed by atoms with van der Waals surface area (Å²) in [6.45, 7) is 6.86. The average molecular weight is 261 g/mol. The molecule has 2 nitrogen and oxygen atoms in total. The molecule has 1 fully saturated rings. The van der Waals surface area contributed by atoms with Crippen LogP contribution < -0.4 is 10.1 Å². The average Bonchev–Trinajstić information content (AvgIpc) is 2.38. The van der Waals surface area contributed by atoms with Gasteiger partial charge in [-0.05, 0) is 55.8 Å². The van der Waals surface area contributed by atoms with Crippen LogP contribution in [0.15, 0.2) is 24.3 Å². The molecule has 1 N–H and O–H groups in total. The summed E-state index contributed by atoms with van der Waals surface area (Å²) < 4.78 is 6.27. The van der Waals surface area contributed by atoms with Crippen molar-refractivity contribution in [1.29, 1.82) is 0 Å². The zero-order chi connectivity index (χ0) is 13.9. The van der Waals surface area contributed by atoms with Gasteiger partial charge in [-0.3, -0.25) is 0 Å². The first-order chi connectivity index (χ1) is 9.06. The van der Waals surface area contributed by atoms with Crippen molar-refractivity contribution in [2.24, 2.45) is 5.41 Å². The molecule has 2 rings (SSSR count). The van der Waals surface area contributed by atoms with Crippen LogP contribution in [0.25, 0.3) is 0 Å². The van der Waals surface area contributed by atoms with Gasteiger partial charge in [0, 0.05) is 6.04 Å². The summed E-state index contributed by atoms with van der Waals surface area (Å²) in [7, 11) is 2.05. The number of ether oxygens (including phenoxy) is 1. The second-order valence-electron chi connectivity index (χ2n) is 6.30. The molecular formula is C17H27NO. The number of hydrogen-bond acceptors (Lipinski definition) is 2. The molecule has 0 aliphatic heterocycles. The van der Waals surface area contributed by atoms with Crippen LogP contribution in [0, 0.1) is 5.41 Å². The van der Waals surface area contributed by atoms with E-state index in [0.717, 1.165) is 18.6 Å². The van der Waals surface area contributed by atoms with E-state index in [1.807, 2.05) is 0 Å². The maximum absolute atomic E-state index is 6.27. The van der Waals surface area contributed by atoms with E-state index < -0.39 is 0 Å². The van der Waals surface area contributed by atoms with Crippen LogP contribution in [-0.2, 0) is 6.42 Å². The third kappa shape index (κ3) is 3.30. The van der Waals surface area contributed by atoms with Crippen LogP contribution in [0.5, 0.6) is 5.75 Å². The molecule has 0 saturated heterocycles. The zero-order valence-corrected chi connectivity index (χ0v) is 12.7. The van der Waals surface area contributed by atoms with E-state index in [4.69, 9.17) is 4.74 Å². The summed E-state index contributed by atoms with van der Waals surface area (Å²) in [5.41, 5.74) is 1.65. The number of rotatable bonds is 4. The zero-order valence-electron chi connectivity index (χ0n) is 12.7. The van der Waals surface area contributed by atoms with Crippen molar-refractivity contribution in [3.63, 3.8) is 0 Å². The Morgan fingerprint density at radius 2 is 2.16 bits per heavy atom. The molecule has 2 unspecified atom stereocenters. The molecule has 1 aromatic rings.